The first-order valence-electron chi connectivity index (χ1n) is 6.53. The highest BCUT2D eigenvalue weighted by Gasteiger charge is 2.27. The first-order chi connectivity index (χ1) is 10.1. The molecule has 1 aromatic carbocycles. The van der Waals surface area contributed by atoms with Gasteiger partial charge >= 0.3 is 6.03 Å². The number of amides is 4. The van der Waals surface area contributed by atoms with Crippen molar-refractivity contribution in [1.82, 2.24) is 10.6 Å². The van der Waals surface area contributed by atoms with Crippen LogP contribution in [0.2, 0.25) is 0 Å². The van der Waals surface area contributed by atoms with Gasteiger partial charge in [0, 0.05) is 12.0 Å². The molecule has 6 N–H and O–H groups in total. The van der Waals surface area contributed by atoms with E-state index < -0.39 is 29.3 Å². The fraction of sp³-hybridized carbons (Fsp3) is 0.357. The van der Waals surface area contributed by atoms with E-state index in [-0.39, 0.29) is 12.4 Å². The molecule has 1 rings (SSSR count). The second kappa shape index (κ2) is 6.88. The maximum Gasteiger partial charge on any atom is 0.315 e. The highest BCUT2D eigenvalue weighted by molar-refractivity contribution is 6.05. The van der Waals surface area contributed by atoms with Gasteiger partial charge in [0.25, 0.3) is 0 Å². The first kappa shape index (κ1) is 17.4. The van der Waals surface area contributed by atoms with Gasteiger partial charge in [-0.2, -0.15) is 0 Å². The summed E-state index contributed by atoms with van der Waals surface area (Å²) in [4.78, 5) is 33.6. The molecule has 0 fully saturated rings. The topological polar surface area (TPSA) is 127 Å². The number of carbonyl (C=O) groups excluding carboxylic acids is 3. The predicted octanol–water partition coefficient (Wildman–Crippen LogP) is -0.258. The number of hydrogen-bond donors (Lipinski definition) is 4. The molecule has 0 heterocycles. The zero-order chi connectivity index (χ0) is 16.9. The summed E-state index contributed by atoms with van der Waals surface area (Å²) < 4.78 is 13.8. The molecule has 0 bridgehead atoms. The van der Waals surface area contributed by atoms with E-state index in [1.54, 1.807) is 32.0 Å². The lowest BCUT2D eigenvalue weighted by Crippen LogP contribution is -2.55. The highest BCUT2D eigenvalue weighted by Crippen LogP contribution is 2.24. The van der Waals surface area contributed by atoms with Gasteiger partial charge in [0.05, 0.1) is 0 Å². The van der Waals surface area contributed by atoms with E-state index in [0.717, 1.165) is 0 Å². The fourth-order valence-electron chi connectivity index (χ4n) is 1.87. The molecule has 0 spiro atoms. The van der Waals surface area contributed by atoms with Gasteiger partial charge in [0.1, 0.15) is 5.82 Å². The molecule has 0 aromatic heterocycles. The molecular formula is C14H19FN4O3. The molecule has 0 unspecified atom stereocenters. The minimum atomic E-state index is -1.60. The lowest BCUT2D eigenvalue weighted by atomic mass is 9.84. The van der Waals surface area contributed by atoms with Gasteiger partial charge in [-0.3, -0.25) is 9.59 Å². The van der Waals surface area contributed by atoms with Crippen molar-refractivity contribution >= 4 is 17.8 Å². The summed E-state index contributed by atoms with van der Waals surface area (Å²) in [6.45, 7) is 3.56. The Hall–Kier alpha value is -2.64. The molecule has 1 aromatic rings. The molecule has 0 atom stereocenters. The van der Waals surface area contributed by atoms with Gasteiger partial charge in [-0.15, -0.1) is 0 Å². The Morgan fingerprint density at radius 3 is 2.23 bits per heavy atom. The normalized spacial score (nSPS) is 11.1. The molecule has 8 heteroatoms. The third kappa shape index (κ3) is 4.44. The lowest BCUT2D eigenvalue weighted by Gasteiger charge is -2.26. The number of nitrogens with two attached hydrogens (primary N) is 2. The van der Waals surface area contributed by atoms with E-state index >= 15 is 0 Å². The number of nitrogens with one attached hydrogen (secondary N) is 2. The summed E-state index contributed by atoms with van der Waals surface area (Å²) >= 11 is 0. The van der Waals surface area contributed by atoms with E-state index in [1.807, 2.05) is 0 Å². The minimum absolute atomic E-state index is 0.0734. The van der Waals surface area contributed by atoms with E-state index in [1.165, 1.54) is 6.07 Å². The molecule has 120 valence electrons. The average Bonchev–Trinajstić information content (AvgIpc) is 2.42. The smallest absolute Gasteiger partial charge is 0.315 e. The zero-order valence-corrected chi connectivity index (χ0v) is 12.4. The second-order valence-electron chi connectivity index (χ2n) is 5.43. The summed E-state index contributed by atoms with van der Waals surface area (Å²) in [5.74, 6) is -2.51. The van der Waals surface area contributed by atoms with Gasteiger partial charge in [-0.25, -0.2) is 9.18 Å². The summed E-state index contributed by atoms with van der Waals surface area (Å²) in [6.07, 6.45) is 0. The van der Waals surface area contributed by atoms with Crippen LogP contribution in [-0.2, 0) is 15.0 Å². The van der Waals surface area contributed by atoms with Crippen molar-refractivity contribution < 1.29 is 18.8 Å². The van der Waals surface area contributed by atoms with Crippen LogP contribution in [0.5, 0.6) is 0 Å². The number of benzene rings is 1. The van der Waals surface area contributed by atoms with Gasteiger partial charge in [0.15, 0.2) is 6.04 Å². The highest BCUT2D eigenvalue weighted by atomic mass is 19.1. The van der Waals surface area contributed by atoms with Crippen molar-refractivity contribution in [1.29, 1.82) is 0 Å². The number of rotatable bonds is 6. The summed E-state index contributed by atoms with van der Waals surface area (Å²) in [5.41, 5.74) is 9.62. The SMILES string of the molecule is CC(C)(CNC(=O)NC(C(N)=O)C(N)=O)c1ccccc1F. The third-order valence-corrected chi connectivity index (χ3v) is 3.14. The van der Waals surface area contributed by atoms with Crippen LogP contribution in [0.1, 0.15) is 19.4 Å². The van der Waals surface area contributed by atoms with Crippen LogP contribution in [0.25, 0.3) is 0 Å². The molecule has 22 heavy (non-hydrogen) atoms. The third-order valence-electron chi connectivity index (χ3n) is 3.14. The molecule has 4 amide bonds. The number of primary amides is 2. The Kier molecular flexibility index (Phi) is 5.44. The lowest BCUT2D eigenvalue weighted by molar-refractivity contribution is -0.128. The maximum atomic E-state index is 13.8. The first-order valence-corrected chi connectivity index (χ1v) is 6.53. The monoisotopic (exact) mass is 310 g/mol. The summed E-state index contributed by atoms with van der Waals surface area (Å²) in [5, 5.41) is 4.52. The molecule has 0 radical (unpaired) electrons. The van der Waals surface area contributed by atoms with Crippen molar-refractivity contribution in [3.63, 3.8) is 0 Å². The number of hydrogen-bond acceptors (Lipinski definition) is 3. The van der Waals surface area contributed by atoms with Gasteiger partial charge in [-0.05, 0) is 11.6 Å². The van der Waals surface area contributed by atoms with Crippen molar-refractivity contribution in [3.8, 4) is 0 Å². The van der Waals surface area contributed by atoms with E-state index in [2.05, 4.69) is 10.6 Å². The quantitative estimate of drug-likeness (QED) is 0.540. The molecule has 0 aliphatic heterocycles. The maximum absolute atomic E-state index is 13.8. The number of urea groups is 1. The van der Waals surface area contributed by atoms with Crippen molar-refractivity contribution in [2.45, 2.75) is 25.3 Å². The second-order valence-corrected chi connectivity index (χ2v) is 5.43. The molecule has 7 nitrogen and oxygen atoms in total. The fourth-order valence-corrected chi connectivity index (χ4v) is 1.87. The summed E-state index contributed by atoms with van der Waals surface area (Å²) in [7, 11) is 0. The van der Waals surface area contributed by atoms with Gasteiger partial charge < -0.3 is 22.1 Å². The average molecular weight is 310 g/mol. The Bertz CT molecular complexity index is 575. The van der Waals surface area contributed by atoms with Crippen LogP contribution in [0.3, 0.4) is 0 Å². The minimum Gasteiger partial charge on any atom is -0.367 e. The largest absolute Gasteiger partial charge is 0.367 e. The molecular weight excluding hydrogens is 291 g/mol. The Morgan fingerprint density at radius 1 is 1.18 bits per heavy atom. The van der Waals surface area contributed by atoms with Crippen molar-refractivity contribution in [2.75, 3.05) is 6.54 Å². The molecule has 0 aliphatic rings. The van der Waals surface area contributed by atoms with E-state index in [4.69, 9.17) is 11.5 Å². The van der Waals surface area contributed by atoms with Crippen LogP contribution >= 0.6 is 0 Å². The zero-order valence-electron chi connectivity index (χ0n) is 12.4. The Balaban J connectivity index is 2.69. The van der Waals surface area contributed by atoms with Crippen LogP contribution in [0, 0.1) is 5.82 Å². The molecule has 0 saturated carbocycles. The number of carbonyl (C=O) groups is 3. The number of halogens is 1. The van der Waals surface area contributed by atoms with Crippen molar-refractivity contribution in [2.24, 2.45) is 11.5 Å². The van der Waals surface area contributed by atoms with E-state index in [9.17, 15) is 18.8 Å². The van der Waals surface area contributed by atoms with Crippen LogP contribution in [0.15, 0.2) is 24.3 Å². The predicted molar refractivity (Wildman–Crippen MR) is 78.1 cm³/mol. The van der Waals surface area contributed by atoms with Crippen LogP contribution in [0.4, 0.5) is 9.18 Å². The standard InChI is InChI=1S/C14H19FN4O3/c1-14(2,8-5-3-4-6-9(8)15)7-18-13(22)19-10(11(16)20)12(17)21/h3-6,10H,7H2,1-2H3,(H2,16,20)(H2,17,21)(H2,18,19,22). The van der Waals surface area contributed by atoms with Crippen LogP contribution < -0.4 is 22.1 Å². The van der Waals surface area contributed by atoms with Crippen molar-refractivity contribution in [3.05, 3.63) is 35.6 Å². The Morgan fingerprint density at radius 2 is 1.73 bits per heavy atom. The Labute approximate surface area is 127 Å². The van der Waals surface area contributed by atoms with E-state index in [0.29, 0.717) is 5.56 Å². The molecule has 0 aliphatic carbocycles. The van der Waals surface area contributed by atoms with Gasteiger partial charge in [-0.1, -0.05) is 32.0 Å². The van der Waals surface area contributed by atoms with Gasteiger partial charge in [0.2, 0.25) is 11.8 Å². The summed E-state index contributed by atoms with van der Waals surface area (Å²) in [6, 6.07) is 3.80. The van der Waals surface area contributed by atoms with Crippen LogP contribution in [-0.4, -0.2) is 30.4 Å². The molecule has 0 saturated heterocycles.